The van der Waals surface area contributed by atoms with Gasteiger partial charge in [-0.1, -0.05) is 129 Å². The van der Waals surface area contributed by atoms with E-state index in [0.717, 1.165) is 38.3 Å². The van der Waals surface area contributed by atoms with Gasteiger partial charge in [0.1, 0.15) is 0 Å². The van der Waals surface area contributed by atoms with Gasteiger partial charge < -0.3 is 14.5 Å². The topological polar surface area (TPSA) is 32.8 Å². The number of nitrogens with zero attached hydrogens (tertiary/aromatic N) is 2. The van der Waals surface area contributed by atoms with Crippen LogP contribution in [0.4, 0.5) is 4.79 Å². The minimum atomic E-state index is 0.257. The molecule has 0 aliphatic rings. The zero-order chi connectivity index (χ0) is 27.6. The van der Waals surface area contributed by atoms with Crippen molar-refractivity contribution < 1.29 is 9.53 Å². The summed E-state index contributed by atoms with van der Waals surface area (Å²) < 4.78 is 6.40. The van der Waals surface area contributed by atoms with Crippen molar-refractivity contribution in [2.75, 3.05) is 39.5 Å². The summed E-state index contributed by atoms with van der Waals surface area (Å²) in [5.74, 6) is 0.855. The van der Waals surface area contributed by atoms with E-state index in [2.05, 4.69) is 51.6 Å². The second kappa shape index (κ2) is 27.3. The molecule has 0 aromatic carbocycles. The molecular weight excluding hydrogens is 476 g/mol. The summed E-state index contributed by atoms with van der Waals surface area (Å²) in [5, 5.41) is 0.257. The van der Waals surface area contributed by atoms with E-state index >= 15 is 0 Å². The Morgan fingerprint density at radius 3 is 1.65 bits per heavy atom. The molecule has 0 fully saturated rings. The zero-order valence-electron chi connectivity index (χ0n) is 26.0. The first kappa shape index (κ1) is 36.7. The lowest BCUT2D eigenvalue weighted by atomic mass is 10.0. The van der Waals surface area contributed by atoms with Gasteiger partial charge in [-0.25, -0.2) is 0 Å². The van der Waals surface area contributed by atoms with Crippen LogP contribution in [-0.2, 0) is 4.74 Å². The summed E-state index contributed by atoms with van der Waals surface area (Å²) in [7, 11) is 4.18. The number of amides is 1. The molecule has 0 aromatic rings. The average Bonchev–Trinajstić information content (AvgIpc) is 2.89. The van der Waals surface area contributed by atoms with Gasteiger partial charge in [0.15, 0.2) is 0 Å². The Hall–Kier alpha value is -0.260. The molecule has 0 spiro atoms. The fourth-order valence-corrected chi connectivity index (χ4v) is 5.62. The molecule has 0 aliphatic carbocycles. The van der Waals surface area contributed by atoms with E-state index < -0.39 is 0 Å². The van der Waals surface area contributed by atoms with Gasteiger partial charge in [-0.05, 0) is 46.7 Å². The predicted octanol–water partition coefficient (Wildman–Crippen LogP) is 9.95. The quantitative estimate of drug-likeness (QED) is 0.0967. The smallest absolute Gasteiger partial charge is 0.281 e. The first-order valence-corrected chi connectivity index (χ1v) is 17.1. The zero-order valence-corrected chi connectivity index (χ0v) is 26.9. The minimum Gasteiger partial charge on any atom is -0.378 e. The van der Waals surface area contributed by atoms with Crippen molar-refractivity contribution in [1.82, 2.24) is 9.80 Å². The molecule has 222 valence electrons. The van der Waals surface area contributed by atoms with Crippen LogP contribution in [0.15, 0.2) is 0 Å². The number of carbonyl (C=O) groups is 1. The third-order valence-electron chi connectivity index (χ3n) is 7.55. The monoisotopic (exact) mass is 542 g/mol. The number of rotatable bonds is 27. The van der Waals surface area contributed by atoms with Crippen molar-refractivity contribution in [3.8, 4) is 0 Å². The van der Waals surface area contributed by atoms with Gasteiger partial charge in [0.25, 0.3) is 5.24 Å². The number of ether oxygens (including phenoxy) is 1. The molecule has 0 saturated carbocycles. The Balaban J connectivity index is 4.56. The molecule has 0 heterocycles. The Kier molecular flexibility index (Phi) is 27.1. The van der Waals surface area contributed by atoms with E-state index in [1.165, 1.54) is 121 Å². The number of unbranched alkanes of at least 4 members (excludes halogenated alkanes) is 13. The van der Waals surface area contributed by atoms with Gasteiger partial charge in [-0.2, -0.15) is 0 Å². The standard InChI is InChI=1S/C32H66N2O2S/c1-7-10-13-16-17-18-19-22-26-34(32(35)37-29-30(4)33(5)6)27-23-28-36-31(24-20-14-11-8-2)25-21-15-12-9-3/h30-31H,7-29H2,1-6H3. The first-order valence-electron chi connectivity index (χ1n) is 16.2. The summed E-state index contributed by atoms with van der Waals surface area (Å²) in [4.78, 5) is 17.4. The van der Waals surface area contributed by atoms with Crippen LogP contribution in [0.25, 0.3) is 0 Å². The number of hydrogen-bond donors (Lipinski definition) is 0. The lowest BCUT2D eigenvalue weighted by molar-refractivity contribution is 0.0342. The number of hydrogen-bond acceptors (Lipinski definition) is 4. The van der Waals surface area contributed by atoms with Crippen LogP contribution < -0.4 is 0 Å². The maximum absolute atomic E-state index is 13.1. The molecule has 5 heteroatoms. The van der Waals surface area contributed by atoms with Crippen LogP contribution in [0.1, 0.15) is 150 Å². The normalized spacial score (nSPS) is 12.5. The van der Waals surface area contributed by atoms with Gasteiger partial charge >= 0.3 is 0 Å². The SMILES string of the molecule is CCCCCCCCCCN(CCCOC(CCCCCC)CCCCCC)C(=O)SCC(C)N(C)C. The summed E-state index contributed by atoms with van der Waals surface area (Å²) >= 11 is 1.50. The molecule has 1 atom stereocenters. The highest BCUT2D eigenvalue weighted by Crippen LogP contribution is 2.18. The van der Waals surface area contributed by atoms with Crippen molar-refractivity contribution in [2.24, 2.45) is 0 Å². The van der Waals surface area contributed by atoms with Crippen LogP contribution in [-0.4, -0.2) is 66.7 Å². The Morgan fingerprint density at radius 1 is 0.676 bits per heavy atom. The molecule has 1 unspecified atom stereocenters. The molecule has 4 nitrogen and oxygen atoms in total. The largest absolute Gasteiger partial charge is 0.378 e. The van der Waals surface area contributed by atoms with Crippen molar-refractivity contribution in [3.63, 3.8) is 0 Å². The number of thioether (sulfide) groups is 1. The minimum absolute atomic E-state index is 0.257. The van der Waals surface area contributed by atoms with Crippen molar-refractivity contribution in [3.05, 3.63) is 0 Å². The highest BCUT2D eigenvalue weighted by Gasteiger charge is 2.17. The maximum Gasteiger partial charge on any atom is 0.281 e. The van der Waals surface area contributed by atoms with E-state index in [-0.39, 0.29) is 5.24 Å². The van der Waals surface area contributed by atoms with Crippen LogP contribution >= 0.6 is 11.8 Å². The molecule has 1 amide bonds. The van der Waals surface area contributed by atoms with Crippen LogP contribution in [0.5, 0.6) is 0 Å². The van der Waals surface area contributed by atoms with Gasteiger partial charge in [-0.15, -0.1) is 0 Å². The van der Waals surface area contributed by atoms with E-state index in [0.29, 0.717) is 12.1 Å². The lowest BCUT2D eigenvalue weighted by Gasteiger charge is -2.25. The third kappa shape index (κ3) is 23.4. The molecule has 0 rings (SSSR count). The lowest BCUT2D eigenvalue weighted by Crippen LogP contribution is -2.33. The van der Waals surface area contributed by atoms with Crippen molar-refractivity contribution in [1.29, 1.82) is 0 Å². The second-order valence-electron chi connectivity index (χ2n) is 11.4. The second-order valence-corrected chi connectivity index (χ2v) is 12.4. The first-order chi connectivity index (χ1) is 18.0. The van der Waals surface area contributed by atoms with Gasteiger partial charge in [0.2, 0.25) is 0 Å². The predicted molar refractivity (Wildman–Crippen MR) is 167 cm³/mol. The van der Waals surface area contributed by atoms with Gasteiger partial charge in [0, 0.05) is 31.5 Å². The van der Waals surface area contributed by atoms with E-state index in [1.807, 2.05) is 0 Å². The summed E-state index contributed by atoms with van der Waals surface area (Å²) in [6, 6.07) is 0.406. The van der Waals surface area contributed by atoms with Crippen LogP contribution in [0.2, 0.25) is 0 Å². The van der Waals surface area contributed by atoms with Gasteiger partial charge in [-0.3, -0.25) is 4.79 Å². The summed E-state index contributed by atoms with van der Waals surface area (Å²) in [6.45, 7) is 11.5. The number of carbonyl (C=O) groups excluding carboxylic acids is 1. The molecule has 0 N–H and O–H groups in total. The fourth-order valence-electron chi connectivity index (χ4n) is 4.58. The molecule has 37 heavy (non-hydrogen) atoms. The van der Waals surface area contributed by atoms with E-state index in [1.54, 1.807) is 0 Å². The highest BCUT2D eigenvalue weighted by atomic mass is 32.2. The summed E-state index contributed by atoms with van der Waals surface area (Å²) in [6.07, 6.45) is 24.7. The Morgan fingerprint density at radius 2 is 1.14 bits per heavy atom. The third-order valence-corrected chi connectivity index (χ3v) is 8.71. The van der Waals surface area contributed by atoms with Crippen LogP contribution in [0.3, 0.4) is 0 Å². The van der Waals surface area contributed by atoms with Gasteiger partial charge in [0.05, 0.1) is 6.10 Å². The molecule has 0 saturated heterocycles. The molecule has 0 aliphatic heterocycles. The maximum atomic E-state index is 13.1. The molecule has 0 bridgehead atoms. The van der Waals surface area contributed by atoms with E-state index in [4.69, 9.17) is 4.74 Å². The van der Waals surface area contributed by atoms with Crippen molar-refractivity contribution >= 4 is 17.0 Å². The molecule has 0 aromatic heterocycles. The van der Waals surface area contributed by atoms with Crippen molar-refractivity contribution in [2.45, 2.75) is 162 Å². The van der Waals surface area contributed by atoms with E-state index in [9.17, 15) is 4.79 Å². The Bertz CT molecular complexity index is 477. The van der Waals surface area contributed by atoms with Crippen LogP contribution in [0, 0.1) is 0 Å². The Labute approximate surface area is 237 Å². The average molecular weight is 543 g/mol. The summed E-state index contributed by atoms with van der Waals surface area (Å²) in [5.41, 5.74) is 0. The fraction of sp³-hybridized carbons (Fsp3) is 0.969. The molecule has 0 radical (unpaired) electrons. The highest BCUT2D eigenvalue weighted by molar-refractivity contribution is 8.13. The molecular formula is C32H66N2O2S.